The molecule has 7 nitrogen and oxygen atoms in total. The van der Waals surface area contributed by atoms with Crippen molar-refractivity contribution >= 4 is 34.1 Å². The van der Waals surface area contributed by atoms with Crippen LogP contribution in [0.2, 0.25) is 0 Å². The fourth-order valence-electron chi connectivity index (χ4n) is 4.12. The molecule has 0 saturated carbocycles. The quantitative estimate of drug-likeness (QED) is 0.767. The van der Waals surface area contributed by atoms with Crippen molar-refractivity contribution in [1.29, 1.82) is 0 Å². The van der Waals surface area contributed by atoms with Crippen molar-refractivity contribution in [3.8, 4) is 0 Å². The van der Waals surface area contributed by atoms with Gasteiger partial charge in [0.1, 0.15) is 5.82 Å². The number of benzene rings is 1. The van der Waals surface area contributed by atoms with Crippen molar-refractivity contribution in [3.05, 3.63) is 46.2 Å². The van der Waals surface area contributed by atoms with Crippen molar-refractivity contribution in [1.82, 2.24) is 14.8 Å². The lowest BCUT2D eigenvalue weighted by Crippen LogP contribution is -2.51. The van der Waals surface area contributed by atoms with Crippen LogP contribution in [0.5, 0.6) is 0 Å². The fraction of sp³-hybridized carbons (Fsp3) is 0.455. The molecule has 2 aromatic rings. The second-order valence-corrected chi connectivity index (χ2v) is 8.95. The summed E-state index contributed by atoms with van der Waals surface area (Å²) in [7, 11) is 0. The van der Waals surface area contributed by atoms with E-state index in [2.05, 4.69) is 22.1 Å². The van der Waals surface area contributed by atoms with Gasteiger partial charge in [0, 0.05) is 44.6 Å². The molecule has 1 fully saturated rings. The van der Waals surface area contributed by atoms with Gasteiger partial charge in [-0.15, -0.1) is 0 Å². The molecule has 4 rings (SSSR count). The molecule has 31 heavy (non-hydrogen) atoms. The summed E-state index contributed by atoms with van der Waals surface area (Å²) >= 11 is 1.11. The van der Waals surface area contributed by atoms with Crippen LogP contribution in [0.15, 0.2) is 24.3 Å². The number of amides is 2. The molecule has 1 aromatic carbocycles. The molecule has 2 amide bonds. The van der Waals surface area contributed by atoms with Crippen molar-refractivity contribution in [2.24, 2.45) is 5.92 Å². The van der Waals surface area contributed by atoms with Crippen LogP contribution in [0.25, 0.3) is 0 Å². The number of carbonyl (C=O) groups is 3. The molecule has 1 N–H and O–H groups in total. The van der Waals surface area contributed by atoms with Crippen LogP contribution in [0.1, 0.15) is 45.5 Å². The summed E-state index contributed by atoms with van der Waals surface area (Å²) in [5.74, 6) is -1.51. The number of rotatable bonds is 5. The van der Waals surface area contributed by atoms with E-state index in [9.17, 15) is 18.8 Å². The van der Waals surface area contributed by atoms with Crippen LogP contribution in [-0.4, -0.2) is 65.1 Å². The number of fused-ring (bicyclic) bond motifs is 1. The molecular formula is C22H25FN4O3S. The van der Waals surface area contributed by atoms with Gasteiger partial charge in [-0.3, -0.25) is 24.6 Å². The zero-order chi connectivity index (χ0) is 22.0. The normalized spacial score (nSPS) is 19.2. The first kappa shape index (κ1) is 21.6. The van der Waals surface area contributed by atoms with Crippen molar-refractivity contribution in [2.45, 2.75) is 26.2 Å². The molecule has 1 aromatic heterocycles. The molecule has 0 unspecified atom stereocenters. The topological polar surface area (TPSA) is 82.6 Å². The van der Waals surface area contributed by atoms with Gasteiger partial charge in [0.05, 0.1) is 16.5 Å². The van der Waals surface area contributed by atoms with E-state index >= 15 is 0 Å². The Morgan fingerprint density at radius 1 is 1.23 bits per heavy atom. The fourth-order valence-corrected chi connectivity index (χ4v) is 5.06. The molecule has 0 spiro atoms. The summed E-state index contributed by atoms with van der Waals surface area (Å²) in [4.78, 5) is 47.1. The van der Waals surface area contributed by atoms with E-state index < -0.39 is 17.6 Å². The van der Waals surface area contributed by atoms with Gasteiger partial charge >= 0.3 is 0 Å². The van der Waals surface area contributed by atoms with Crippen molar-refractivity contribution < 1.29 is 18.8 Å². The van der Waals surface area contributed by atoms with E-state index in [-0.39, 0.29) is 28.8 Å². The van der Waals surface area contributed by atoms with Crippen LogP contribution < -0.4 is 5.32 Å². The molecule has 9 heteroatoms. The van der Waals surface area contributed by atoms with E-state index in [1.165, 1.54) is 18.2 Å². The highest BCUT2D eigenvalue weighted by Crippen LogP contribution is 2.33. The lowest BCUT2D eigenvalue weighted by molar-refractivity contribution is -0.137. The molecule has 1 aliphatic heterocycles. The standard InChI is InChI=1S/C22H25FN4O3S/c1-2-6-26-7-9-27(10-8-26)21(30)15-12-17-19(18(28)13-15)31-22(24-17)25-20(29)14-4-3-5-16(23)11-14/h3-5,11,15H,2,6-10,12-13H2,1H3,(H,24,25,29)/t15-/m1/s1. The summed E-state index contributed by atoms with van der Waals surface area (Å²) in [5, 5.41) is 2.92. The Hall–Kier alpha value is -2.65. The predicted molar refractivity (Wildman–Crippen MR) is 116 cm³/mol. The van der Waals surface area contributed by atoms with Crippen LogP contribution in [0.4, 0.5) is 9.52 Å². The molecule has 0 radical (unpaired) electrons. The third kappa shape index (κ3) is 4.83. The van der Waals surface area contributed by atoms with E-state index in [1.807, 2.05) is 4.90 Å². The number of Topliss-reactive ketones (excluding diaryl/α,β-unsaturated/α-hetero) is 1. The third-order valence-corrected chi connectivity index (χ3v) is 6.76. The van der Waals surface area contributed by atoms with Crippen molar-refractivity contribution in [3.63, 3.8) is 0 Å². The predicted octanol–water partition coefficient (Wildman–Crippen LogP) is 2.83. The lowest BCUT2D eigenvalue weighted by atomic mass is 9.88. The van der Waals surface area contributed by atoms with Gasteiger partial charge in [-0.25, -0.2) is 9.37 Å². The second-order valence-electron chi connectivity index (χ2n) is 7.95. The first-order valence-corrected chi connectivity index (χ1v) is 11.4. The number of ketones is 1. The van der Waals surface area contributed by atoms with Gasteiger partial charge < -0.3 is 4.90 Å². The molecule has 1 saturated heterocycles. The van der Waals surface area contributed by atoms with E-state index in [4.69, 9.17) is 0 Å². The number of thiazole rings is 1. The summed E-state index contributed by atoms with van der Waals surface area (Å²) in [6.45, 7) is 6.27. The maximum atomic E-state index is 13.4. The molecular weight excluding hydrogens is 419 g/mol. The summed E-state index contributed by atoms with van der Waals surface area (Å²) in [6.07, 6.45) is 1.65. The number of anilines is 1. The van der Waals surface area contributed by atoms with Crippen LogP contribution >= 0.6 is 11.3 Å². The third-order valence-electron chi connectivity index (χ3n) is 5.70. The Bertz CT molecular complexity index is 1000. The van der Waals surface area contributed by atoms with Crippen LogP contribution in [0, 0.1) is 11.7 Å². The largest absolute Gasteiger partial charge is 0.340 e. The number of hydrogen-bond acceptors (Lipinski definition) is 6. The monoisotopic (exact) mass is 444 g/mol. The van der Waals surface area contributed by atoms with Crippen LogP contribution in [0.3, 0.4) is 0 Å². The number of nitrogens with zero attached hydrogens (tertiary/aromatic N) is 3. The first-order valence-electron chi connectivity index (χ1n) is 10.6. The number of hydrogen-bond donors (Lipinski definition) is 1. The summed E-state index contributed by atoms with van der Waals surface area (Å²) < 4.78 is 13.4. The highest BCUT2D eigenvalue weighted by molar-refractivity contribution is 7.17. The highest BCUT2D eigenvalue weighted by atomic mass is 32.1. The Kier molecular flexibility index (Phi) is 6.43. The Labute approximate surface area is 184 Å². The summed E-state index contributed by atoms with van der Waals surface area (Å²) in [6, 6.07) is 5.37. The number of carbonyl (C=O) groups excluding carboxylic acids is 3. The smallest absolute Gasteiger partial charge is 0.257 e. The lowest BCUT2D eigenvalue weighted by Gasteiger charge is -2.36. The van der Waals surface area contributed by atoms with Gasteiger partial charge in [0.25, 0.3) is 5.91 Å². The zero-order valence-electron chi connectivity index (χ0n) is 17.4. The Morgan fingerprint density at radius 3 is 2.71 bits per heavy atom. The minimum absolute atomic E-state index is 0.00787. The molecule has 0 bridgehead atoms. The first-order chi connectivity index (χ1) is 14.9. The SMILES string of the molecule is CCCN1CCN(C(=O)[C@H]2CC(=O)c3sc(NC(=O)c4cccc(F)c4)nc3C2)CC1. The molecule has 2 aliphatic rings. The minimum Gasteiger partial charge on any atom is -0.340 e. The number of halogens is 1. The van der Waals surface area contributed by atoms with E-state index in [0.717, 1.165) is 43.5 Å². The van der Waals surface area contributed by atoms with E-state index in [0.29, 0.717) is 30.1 Å². The average Bonchev–Trinajstić information content (AvgIpc) is 3.17. The average molecular weight is 445 g/mol. The minimum atomic E-state index is -0.502. The Balaban J connectivity index is 1.41. The molecule has 1 atom stereocenters. The van der Waals surface area contributed by atoms with Gasteiger partial charge in [0.2, 0.25) is 5.91 Å². The van der Waals surface area contributed by atoms with Gasteiger partial charge in [-0.05, 0) is 31.2 Å². The van der Waals surface area contributed by atoms with Gasteiger partial charge in [-0.2, -0.15) is 0 Å². The zero-order valence-corrected chi connectivity index (χ0v) is 18.2. The molecule has 1 aliphatic carbocycles. The second kappa shape index (κ2) is 9.23. The maximum absolute atomic E-state index is 13.4. The number of aromatic nitrogens is 1. The molecule has 164 valence electrons. The maximum Gasteiger partial charge on any atom is 0.257 e. The number of piperazine rings is 1. The molecule has 2 heterocycles. The van der Waals surface area contributed by atoms with E-state index in [1.54, 1.807) is 0 Å². The number of nitrogens with one attached hydrogen (secondary N) is 1. The highest BCUT2D eigenvalue weighted by Gasteiger charge is 2.36. The van der Waals surface area contributed by atoms with Crippen LogP contribution in [-0.2, 0) is 11.2 Å². The van der Waals surface area contributed by atoms with Gasteiger partial charge in [0.15, 0.2) is 10.9 Å². The Morgan fingerprint density at radius 2 is 2.00 bits per heavy atom. The van der Waals surface area contributed by atoms with Gasteiger partial charge in [-0.1, -0.05) is 24.3 Å². The van der Waals surface area contributed by atoms with Crippen molar-refractivity contribution in [2.75, 3.05) is 38.0 Å². The summed E-state index contributed by atoms with van der Waals surface area (Å²) in [5.41, 5.74) is 0.730.